The molecule has 0 spiro atoms. The van der Waals surface area contributed by atoms with Crippen LogP contribution in [-0.2, 0) is 18.8 Å². The maximum absolute atomic E-state index is 8.45. The van der Waals surface area contributed by atoms with Crippen molar-refractivity contribution in [3.63, 3.8) is 0 Å². The number of hydrogen-bond acceptors (Lipinski definition) is 2. The molecule has 1 aromatic rings. The standard InChI is InChI=1S/C9H11Cl2N3/c1-2-8-7(6-10)9(11)14(13-8)5-3-4-12/h2-3,5-6H2,1H3. The van der Waals surface area contributed by atoms with Crippen LogP contribution < -0.4 is 0 Å². The Labute approximate surface area is 93.2 Å². The van der Waals surface area contributed by atoms with Gasteiger partial charge in [-0.25, -0.2) is 0 Å². The molecule has 0 bridgehead atoms. The summed E-state index contributed by atoms with van der Waals surface area (Å²) in [5.74, 6) is 0.370. The molecule has 3 nitrogen and oxygen atoms in total. The highest BCUT2D eigenvalue weighted by atomic mass is 35.5. The Kier molecular flexibility index (Phi) is 4.24. The second kappa shape index (κ2) is 5.23. The zero-order valence-electron chi connectivity index (χ0n) is 7.93. The molecule has 0 fully saturated rings. The summed E-state index contributed by atoms with van der Waals surface area (Å²) in [7, 11) is 0. The van der Waals surface area contributed by atoms with Crippen molar-refractivity contribution in [2.24, 2.45) is 0 Å². The second-order valence-corrected chi connectivity index (χ2v) is 3.46. The van der Waals surface area contributed by atoms with Gasteiger partial charge in [-0.1, -0.05) is 18.5 Å². The van der Waals surface area contributed by atoms with Crippen LogP contribution in [0, 0.1) is 11.3 Å². The number of halogens is 2. The fraction of sp³-hybridized carbons (Fsp3) is 0.556. The molecule has 5 heteroatoms. The quantitative estimate of drug-likeness (QED) is 0.749. The Morgan fingerprint density at radius 2 is 2.29 bits per heavy atom. The number of rotatable bonds is 4. The van der Waals surface area contributed by atoms with E-state index >= 15 is 0 Å². The zero-order valence-corrected chi connectivity index (χ0v) is 9.44. The number of hydrogen-bond donors (Lipinski definition) is 0. The molecule has 0 saturated carbocycles. The van der Waals surface area contributed by atoms with Crippen LogP contribution in [0.5, 0.6) is 0 Å². The monoisotopic (exact) mass is 231 g/mol. The highest BCUT2D eigenvalue weighted by molar-refractivity contribution is 6.31. The molecule has 0 aliphatic rings. The number of nitriles is 1. The summed E-state index contributed by atoms with van der Waals surface area (Å²) in [5, 5.41) is 13.3. The van der Waals surface area contributed by atoms with E-state index in [1.165, 1.54) is 0 Å². The van der Waals surface area contributed by atoms with Gasteiger partial charge >= 0.3 is 0 Å². The first-order valence-corrected chi connectivity index (χ1v) is 5.32. The Hall–Kier alpha value is -0.720. The molecule has 1 aromatic heterocycles. The summed E-state index contributed by atoms with van der Waals surface area (Å²) in [6.07, 6.45) is 1.22. The molecule has 0 aromatic carbocycles. The van der Waals surface area contributed by atoms with Crippen LogP contribution >= 0.6 is 23.2 Å². The van der Waals surface area contributed by atoms with Gasteiger partial charge in [0.05, 0.1) is 30.6 Å². The molecule has 1 rings (SSSR count). The van der Waals surface area contributed by atoms with Gasteiger partial charge in [0, 0.05) is 5.56 Å². The molecule has 76 valence electrons. The number of aryl methyl sites for hydroxylation is 2. The Bertz CT molecular complexity index is 352. The maximum atomic E-state index is 8.45. The lowest BCUT2D eigenvalue weighted by molar-refractivity contribution is 0.619. The van der Waals surface area contributed by atoms with Crippen LogP contribution in [0.15, 0.2) is 0 Å². The van der Waals surface area contributed by atoms with Gasteiger partial charge in [-0.3, -0.25) is 4.68 Å². The number of aromatic nitrogens is 2. The van der Waals surface area contributed by atoms with Crippen LogP contribution in [0.4, 0.5) is 0 Å². The summed E-state index contributed by atoms with van der Waals surface area (Å²) in [5.41, 5.74) is 1.80. The SMILES string of the molecule is CCc1nn(CCC#N)c(Cl)c1CCl. The van der Waals surface area contributed by atoms with E-state index in [-0.39, 0.29) is 0 Å². The van der Waals surface area contributed by atoms with Crippen LogP contribution in [0.25, 0.3) is 0 Å². The summed E-state index contributed by atoms with van der Waals surface area (Å²) in [4.78, 5) is 0. The normalized spacial score (nSPS) is 10.1. The minimum absolute atomic E-state index is 0.370. The van der Waals surface area contributed by atoms with Gasteiger partial charge < -0.3 is 0 Å². The van der Waals surface area contributed by atoms with Gasteiger partial charge in [-0.05, 0) is 6.42 Å². The first-order valence-electron chi connectivity index (χ1n) is 4.41. The molecule has 0 saturated heterocycles. The van der Waals surface area contributed by atoms with Crippen molar-refractivity contribution in [2.45, 2.75) is 32.2 Å². The maximum Gasteiger partial charge on any atom is 0.131 e. The van der Waals surface area contributed by atoms with Crippen LogP contribution in [0.2, 0.25) is 5.15 Å². The van der Waals surface area contributed by atoms with E-state index in [9.17, 15) is 0 Å². The van der Waals surface area contributed by atoms with Crippen molar-refractivity contribution < 1.29 is 0 Å². The Balaban J connectivity index is 2.96. The zero-order chi connectivity index (χ0) is 10.6. The van der Waals surface area contributed by atoms with Crippen molar-refractivity contribution in [1.29, 1.82) is 5.26 Å². The predicted molar refractivity (Wildman–Crippen MR) is 56.4 cm³/mol. The van der Waals surface area contributed by atoms with Crippen molar-refractivity contribution >= 4 is 23.2 Å². The average molecular weight is 232 g/mol. The average Bonchev–Trinajstić information content (AvgIpc) is 2.51. The van der Waals surface area contributed by atoms with Gasteiger partial charge in [-0.15, -0.1) is 11.6 Å². The molecular formula is C9H11Cl2N3. The molecule has 0 radical (unpaired) electrons. The highest BCUT2D eigenvalue weighted by Crippen LogP contribution is 2.22. The third kappa shape index (κ3) is 2.20. The molecule has 0 aliphatic heterocycles. The summed E-state index contributed by atoms with van der Waals surface area (Å²) in [6, 6.07) is 2.06. The Morgan fingerprint density at radius 1 is 1.57 bits per heavy atom. The van der Waals surface area contributed by atoms with E-state index in [4.69, 9.17) is 28.5 Å². The van der Waals surface area contributed by atoms with E-state index in [0.29, 0.717) is 24.0 Å². The number of alkyl halides is 1. The number of nitrogens with zero attached hydrogens (tertiary/aromatic N) is 3. The van der Waals surface area contributed by atoms with Gasteiger partial charge in [0.1, 0.15) is 5.15 Å². The summed E-state index contributed by atoms with van der Waals surface area (Å²) >= 11 is 11.8. The van der Waals surface area contributed by atoms with Gasteiger partial charge in [-0.2, -0.15) is 10.4 Å². The van der Waals surface area contributed by atoms with Crippen molar-refractivity contribution in [3.05, 3.63) is 16.4 Å². The van der Waals surface area contributed by atoms with Gasteiger partial charge in [0.25, 0.3) is 0 Å². The molecule has 1 heterocycles. The third-order valence-electron chi connectivity index (χ3n) is 1.97. The van der Waals surface area contributed by atoms with E-state index < -0.39 is 0 Å². The molecule has 0 N–H and O–H groups in total. The topological polar surface area (TPSA) is 41.6 Å². The molecule has 0 unspecified atom stereocenters. The first-order chi connectivity index (χ1) is 6.74. The molecule has 14 heavy (non-hydrogen) atoms. The third-order valence-corrected chi connectivity index (χ3v) is 2.66. The van der Waals surface area contributed by atoms with Gasteiger partial charge in [0.2, 0.25) is 0 Å². The molecule has 0 aliphatic carbocycles. The molecular weight excluding hydrogens is 221 g/mol. The van der Waals surface area contributed by atoms with E-state index in [0.717, 1.165) is 17.7 Å². The lowest BCUT2D eigenvalue weighted by atomic mass is 10.2. The fourth-order valence-electron chi connectivity index (χ4n) is 1.25. The van der Waals surface area contributed by atoms with Crippen molar-refractivity contribution in [3.8, 4) is 6.07 Å². The Morgan fingerprint density at radius 3 is 2.71 bits per heavy atom. The van der Waals surface area contributed by atoms with Crippen LogP contribution in [-0.4, -0.2) is 9.78 Å². The fourth-order valence-corrected chi connectivity index (χ4v) is 1.89. The minimum Gasteiger partial charge on any atom is -0.252 e. The highest BCUT2D eigenvalue weighted by Gasteiger charge is 2.13. The summed E-state index contributed by atoms with van der Waals surface area (Å²) in [6.45, 7) is 2.53. The summed E-state index contributed by atoms with van der Waals surface area (Å²) < 4.78 is 1.64. The first kappa shape index (κ1) is 11.4. The second-order valence-electron chi connectivity index (χ2n) is 2.83. The predicted octanol–water partition coefficient (Wildman–Crippen LogP) is 2.75. The molecule has 0 amide bonds. The van der Waals surface area contributed by atoms with E-state index in [1.807, 2.05) is 6.92 Å². The van der Waals surface area contributed by atoms with Crippen molar-refractivity contribution in [1.82, 2.24) is 9.78 Å². The van der Waals surface area contributed by atoms with E-state index in [1.54, 1.807) is 4.68 Å². The minimum atomic E-state index is 0.370. The smallest absolute Gasteiger partial charge is 0.131 e. The van der Waals surface area contributed by atoms with Crippen LogP contribution in [0.1, 0.15) is 24.6 Å². The lowest BCUT2D eigenvalue weighted by Crippen LogP contribution is -1.99. The molecule has 0 atom stereocenters. The van der Waals surface area contributed by atoms with Crippen LogP contribution in [0.3, 0.4) is 0 Å². The van der Waals surface area contributed by atoms with E-state index in [2.05, 4.69) is 11.2 Å². The van der Waals surface area contributed by atoms with Crippen molar-refractivity contribution in [2.75, 3.05) is 0 Å². The van der Waals surface area contributed by atoms with Gasteiger partial charge in [0.15, 0.2) is 0 Å². The largest absolute Gasteiger partial charge is 0.252 e. The lowest BCUT2D eigenvalue weighted by Gasteiger charge is -1.97.